The first-order valence-electron chi connectivity index (χ1n) is 4.43. The number of nitrogens with two attached hydrogens (primary N) is 1. The summed E-state index contributed by atoms with van der Waals surface area (Å²) >= 11 is 0. The number of likely N-dealkylation sites (N-methyl/N-ethyl adjacent to an activating group) is 1. The zero-order valence-electron chi connectivity index (χ0n) is 8.43. The van der Waals surface area contributed by atoms with Gasteiger partial charge in [0, 0.05) is 19.7 Å². The van der Waals surface area contributed by atoms with Gasteiger partial charge in [-0.3, -0.25) is 5.84 Å². The van der Waals surface area contributed by atoms with E-state index in [0.29, 0.717) is 13.2 Å². The molecule has 1 aliphatic rings. The number of nitrogens with one attached hydrogen (secondary N) is 1. The summed E-state index contributed by atoms with van der Waals surface area (Å²) in [5.74, 6) is 5.62. The van der Waals surface area contributed by atoms with Crippen LogP contribution in [0.4, 0.5) is 0 Å². The molecule has 2 atom stereocenters. The molecule has 1 heterocycles. The molecular formula is C7H17N3O3S. The number of sulfonamides is 1. The van der Waals surface area contributed by atoms with Gasteiger partial charge in [-0.2, -0.15) is 0 Å². The molecule has 1 fully saturated rings. The van der Waals surface area contributed by atoms with Gasteiger partial charge in [0.05, 0.1) is 18.9 Å². The van der Waals surface area contributed by atoms with Crippen LogP contribution in [-0.2, 0) is 14.8 Å². The van der Waals surface area contributed by atoms with E-state index in [1.807, 2.05) is 0 Å². The summed E-state index contributed by atoms with van der Waals surface area (Å²) < 4.78 is 29.8. The number of ether oxygens (including phenoxy) is 1. The van der Waals surface area contributed by atoms with Crippen LogP contribution < -0.4 is 10.6 Å². The van der Waals surface area contributed by atoms with Gasteiger partial charge < -0.3 is 4.74 Å². The predicted octanol–water partition coefficient (Wildman–Crippen LogP) is -1.50. The fraction of sp³-hybridized carbons (Fsp3) is 1.00. The minimum atomic E-state index is -3.20. The van der Waals surface area contributed by atoms with Gasteiger partial charge in [-0.25, -0.2) is 18.1 Å². The van der Waals surface area contributed by atoms with Crippen molar-refractivity contribution >= 4 is 10.0 Å². The maximum atomic E-state index is 11.0. The lowest BCUT2D eigenvalue weighted by atomic mass is 10.0. The van der Waals surface area contributed by atoms with E-state index in [9.17, 15) is 8.42 Å². The van der Waals surface area contributed by atoms with E-state index >= 15 is 0 Å². The van der Waals surface area contributed by atoms with Crippen LogP contribution in [0.25, 0.3) is 0 Å². The second-order valence-corrected chi connectivity index (χ2v) is 5.37. The highest BCUT2D eigenvalue weighted by molar-refractivity contribution is 7.88. The first-order chi connectivity index (χ1) is 6.40. The summed E-state index contributed by atoms with van der Waals surface area (Å²) in [6.45, 7) is 0.993. The zero-order chi connectivity index (χ0) is 10.8. The second-order valence-electron chi connectivity index (χ2n) is 3.59. The van der Waals surface area contributed by atoms with Crippen LogP contribution >= 0.6 is 0 Å². The molecule has 2 unspecified atom stereocenters. The predicted molar refractivity (Wildman–Crippen MR) is 52.9 cm³/mol. The molecule has 0 aromatic carbocycles. The van der Waals surface area contributed by atoms with Crippen LogP contribution in [0.2, 0.25) is 0 Å². The van der Waals surface area contributed by atoms with Crippen molar-refractivity contribution < 1.29 is 13.2 Å². The van der Waals surface area contributed by atoms with E-state index in [-0.39, 0.29) is 12.1 Å². The van der Waals surface area contributed by atoms with Gasteiger partial charge in [0.25, 0.3) is 0 Å². The fourth-order valence-corrected chi connectivity index (χ4v) is 2.38. The molecule has 84 valence electrons. The topological polar surface area (TPSA) is 84.7 Å². The van der Waals surface area contributed by atoms with Gasteiger partial charge in [-0.15, -0.1) is 0 Å². The number of hydrogen-bond donors (Lipinski definition) is 2. The van der Waals surface area contributed by atoms with Crippen molar-refractivity contribution in [1.82, 2.24) is 9.73 Å². The van der Waals surface area contributed by atoms with Crippen LogP contribution in [-0.4, -0.2) is 52.0 Å². The van der Waals surface area contributed by atoms with Crippen molar-refractivity contribution in [2.24, 2.45) is 5.84 Å². The van der Waals surface area contributed by atoms with Crippen LogP contribution in [0.1, 0.15) is 6.42 Å². The average molecular weight is 223 g/mol. The number of hydrazine groups is 1. The molecule has 0 radical (unpaired) electrons. The number of hydrogen-bond acceptors (Lipinski definition) is 5. The summed E-state index contributed by atoms with van der Waals surface area (Å²) in [7, 11) is -1.47. The Morgan fingerprint density at radius 1 is 1.57 bits per heavy atom. The average Bonchev–Trinajstić information content (AvgIpc) is 2.01. The minimum Gasteiger partial charge on any atom is -0.380 e. The van der Waals surface area contributed by atoms with Crippen molar-refractivity contribution in [3.63, 3.8) is 0 Å². The summed E-state index contributed by atoms with van der Waals surface area (Å²) in [4.78, 5) is 0. The molecule has 0 amide bonds. The van der Waals surface area contributed by atoms with E-state index in [1.54, 1.807) is 7.05 Å². The molecule has 6 nitrogen and oxygen atoms in total. The van der Waals surface area contributed by atoms with Gasteiger partial charge in [0.15, 0.2) is 0 Å². The van der Waals surface area contributed by atoms with Crippen molar-refractivity contribution in [3.05, 3.63) is 0 Å². The Labute approximate surface area is 84.4 Å². The Bertz CT molecular complexity index is 278. The van der Waals surface area contributed by atoms with Gasteiger partial charge in [-0.05, 0) is 6.42 Å². The molecule has 1 rings (SSSR count). The maximum absolute atomic E-state index is 11.0. The largest absolute Gasteiger partial charge is 0.380 e. The van der Waals surface area contributed by atoms with E-state index in [2.05, 4.69) is 4.72 Å². The van der Waals surface area contributed by atoms with E-state index in [1.165, 1.54) is 5.01 Å². The minimum absolute atomic E-state index is 0.00141. The Hall–Kier alpha value is -0.210. The van der Waals surface area contributed by atoms with Crippen LogP contribution in [0, 0.1) is 0 Å². The second kappa shape index (κ2) is 4.54. The van der Waals surface area contributed by atoms with Gasteiger partial charge in [0.1, 0.15) is 0 Å². The highest BCUT2D eigenvalue weighted by atomic mass is 32.2. The SMILES string of the molecule is CN(N)C1CCOCC1NS(C)(=O)=O. The van der Waals surface area contributed by atoms with E-state index in [4.69, 9.17) is 10.6 Å². The molecule has 0 bridgehead atoms. The summed E-state index contributed by atoms with van der Waals surface area (Å²) in [6, 6.07) is -0.257. The van der Waals surface area contributed by atoms with E-state index < -0.39 is 10.0 Å². The highest BCUT2D eigenvalue weighted by Gasteiger charge is 2.29. The highest BCUT2D eigenvalue weighted by Crippen LogP contribution is 2.11. The van der Waals surface area contributed by atoms with Crippen molar-refractivity contribution in [3.8, 4) is 0 Å². The quantitative estimate of drug-likeness (QED) is 0.449. The van der Waals surface area contributed by atoms with Gasteiger partial charge >= 0.3 is 0 Å². The molecule has 1 aliphatic heterocycles. The van der Waals surface area contributed by atoms with Crippen LogP contribution in [0.5, 0.6) is 0 Å². The molecule has 0 saturated carbocycles. The Kier molecular flexibility index (Phi) is 3.85. The number of rotatable bonds is 3. The third kappa shape index (κ3) is 3.50. The standard InChI is InChI=1S/C7H17N3O3S/c1-10(8)7-3-4-13-5-6(7)9-14(2,11)12/h6-7,9H,3-5,8H2,1-2H3. The fourth-order valence-electron chi connectivity index (χ4n) is 1.60. The van der Waals surface area contributed by atoms with Crippen molar-refractivity contribution in [2.45, 2.75) is 18.5 Å². The van der Waals surface area contributed by atoms with Crippen molar-refractivity contribution in [2.75, 3.05) is 26.5 Å². The molecule has 14 heavy (non-hydrogen) atoms. The Morgan fingerprint density at radius 2 is 2.21 bits per heavy atom. The van der Waals surface area contributed by atoms with Crippen molar-refractivity contribution in [1.29, 1.82) is 0 Å². The van der Waals surface area contributed by atoms with Gasteiger partial charge in [0.2, 0.25) is 10.0 Å². The molecule has 0 spiro atoms. The first-order valence-corrected chi connectivity index (χ1v) is 6.32. The first kappa shape index (κ1) is 11.9. The van der Waals surface area contributed by atoms with Crippen LogP contribution in [0.3, 0.4) is 0 Å². The third-order valence-electron chi connectivity index (χ3n) is 2.21. The normalized spacial score (nSPS) is 29.4. The third-order valence-corrected chi connectivity index (χ3v) is 2.94. The summed E-state index contributed by atoms with van der Waals surface area (Å²) in [5.41, 5.74) is 0. The Balaban J connectivity index is 2.63. The lowest BCUT2D eigenvalue weighted by Crippen LogP contribution is -2.57. The monoisotopic (exact) mass is 223 g/mol. The lowest BCUT2D eigenvalue weighted by Gasteiger charge is -2.35. The van der Waals surface area contributed by atoms with Crippen LogP contribution in [0.15, 0.2) is 0 Å². The molecule has 0 aliphatic carbocycles. The zero-order valence-corrected chi connectivity index (χ0v) is 9.25. The molecule has 7 heteroatoms. The lowest BCUT2D eigenvalue weighted by molar-refractivity contribution is 0.0211. The molecule has 1 saturated heterocycles. The summed E-state index contributed by atoms with van der Waals surface area (Å²) in [5, 5.41) is 1.53. The van der Waals surface area contributed by atoms with Gasteiger partial charge in [-0.1, -0.05) is 0 Å². The maximum Gasteiger partial charge on any atom is 0.209 e. The Morgan fingerprint density at radius 3 is 2.71 bits per heavy atom. The molecular weight excluding hydrogens is 206 g/mol. The smallest absolute Gasteiger partial charge is 0.209 e. The molecule has 0 aromatic rings. The molecule has 0 aromatic heterocycles. The molecule has 3 N–H and O–H groups in total. The summed E-state index contributed by atoms with van der Waals surface area (Å²) in [6.07, 6.45) is 1.87. The number of nitrogens with zero attached hydrogens (tertiary/aromatic N) is 1. The van der Waals surface area contributed by atoms with E-state index in [0.717, 1.165) is 12.7 Å².